The van der Waals surface area contributed by atoms with Crippen LogP contribution in [0.3, 0.4) is 0 Å². The Morgan fingerprint density at radius 3 is 2.38 bits per heavy atom. The summed E-state index contributed by atoms with van der Waals surface area (Å²) >= 11 is 5.84. The number of nitro benzene ring substituents is 1. The fourth-order valence-corrected chi connectivity index (χ4v) is 3.56. The van der Waals surface area contributed by atoms with Gasteiger partial charge in [0, 0.05) is 18.8 Å². The van der Waals surface area contributed by atoms with Crippen LogP contribution in [-0.2, 0) is 10.7 Å². The first-order valence-electron chi connectivity index (χ1n) is 8.12. The van der Waals surface area contributed by atoms with Gasteiger partial charge in [-0.05, 0) is 30.7 Å². The van der Waals surface area contributed by atoms with Crippen LogP contribution >= 0.6 is 19.0 Å². The summed E-state index contributed by atoms with van der Waals surface area (Å²) in [6, 6.07) is 5.82. The van der Waals surface area contributed by atoms with E-state index in [0.29, 0.717) is 6.07 Å². The Morgan fingerprint density at radius 2 is 1.90 bits per heavy atom. The van der Waals surface area contributed by atoms with Gasteiger partial charge in [0.1, 0.15) is 11.5 Å². The molecule has 2 rings (SSSR count). The number of hydrogen-bond acceptors (Lipinski definition) is 5. The van der Waals surface area contributed by atoms with Crippen LogP contribution in [0.5, 0.6) is 17.2 Å². The largest absolute Gasteiger partial charge is 0.473 e. The second-order valence-electron chi connectivity index (χ2n) is 6.06. The highest BCUT2D eigenvalue weighted by Gasteiger charge is 2.31. The molecular formula is C17H16ClF3NO6P. The molecule has 0 saturated heterocycles. The maximum atomic E-state index is 12.7. The zero-order valence-electron chi connectivity index (χ0n) is 15.1. The smallest absolute Gasteiger partial charge is 0.416 e. The topological polar surface area (TPSA) is 98.9 Å². The first-order chi connectivity index (χ1) is 13.3. The minimum absolute atomic E-state index is 0.0222. The van der Waals surface area contributed by atoms with Crippen LogP contribution in [0.4, 0.5) is 18.9 Å². The molecule has 0 radical (unpaired) electrons. The van der Waals surface area contributed by atoms with Crippen LogP contribution in [0.2, 0.25) is 5.02 Å². The Hall–Kier alpha value is -2.29. The molecule has 2 aromatic carbocycles. The minimum Gasteiger partial charge on any atom is -0.473 e. The molecule has 0 amide bonds. The molecule has 0 bridgehead atoms. The SMILES string of the molecule is CCC(Oc1cc(Oc2ccc(C(F)(F)F)cc2Cl)ccc1[N+](=O)[O-])P(C)(=O)O. The minimum atomic E-state index is -4.58. The van der Waals surface area contributed by atoms with Crippen molar-refractivity contribution in [3.63, 3.8) is 0 Å². The lowest BCUT2D eigenvalue weighted by Crippen LogP contribution is -2.16. The Bertz CT molecular complexity index is 963. The normalized spacial score (nSPS) is 14.7. The summed E-state index contributed by atoms with van der Waals surface area (Å²) in [5.41, 5.74) is -1.43. The van der Waals surface area contributed by atoms with Crippen LogP contribution in [0, 0.1) is 10.1 Å². The summed E-state index contributed by atoms with van der Waals surface area (Å²) in [4.78, 5) is 20.2. The Balaban J connectivity index is 2.38. The third-order valence-electron chi connectivity index (χ3n) is 3.76. The van der Waals surface area contributed by atoms with Gasteiger partial charge in [0.25, 0.3) is 0 Å². The second kappa shape index (κ2) is 8.61. The quantitative estimate of drug-likeness (QED) is 0.310. The van der Waals surface area contributed by atoms with Crippen molar-refractivity contribution >= 4 is 24.7 Å². The van der Waals surface area contributed by atoms with E-state index in [9.17, 15) is 32.7 Å². The molecule has 158 valence electrons. The molecule has 0 spiro atoms. The van der Waals surface area contributed by atoms with Crippen LogP contribution in [-0.4, -0.2) is 22.3 Å². The summed E-state index contributed by atoms with van der Waals surface area (Å²) in [5.74, 6) is -1.65. The van der Waals surface area contributed by atoms with Gasteiger partial charge < -0.3 is 14.4 Å². The predicted octanol–water partition coefficient (Wildman–Crippen LogP) is 6.07. The van der Waals surface area contributed by atoms with Crippen molar-refractivity contribution < 1.29 is 37.0 Å². The highest BCUT2D eigenvalue weighted by atomic mass is 35.5. The summed E-state index contributed by atoms with van der Waals surface area (Å²) in [5, 5.41) is 10.9. The van der Waals surface area contributed by atoms with Crippen molar-refractivity contribution in [1.82, 2.24) is 0 Å². The van der Waals surface area contributed by atoms with Crippen molar-refractivity contribution in [2.45, 2.75) is 25.4 Å². The van der Waals surface area contributed by atoms with Gasteiger partial charge >= 0.3 is 11.9 Å². The molecule has 0 aliphatic heterocycles. The number of nitro groups is 1. The van der Waals surface area contributed by atoms with Gasteiger partial charge in [0.15, 0.2) is 5.85 Å². The monoisotopic (exact) mass is 453 g/mol. The number of rotatable bonds is 7. The van der Waals surface area contributed by atoms with E-state index in [1.165, 1.54) is 6.07 Å². The predicted molar refractivity (Wildman–Crippen MR) is 100 cm³/mol. The molecule has 1 N–H and O–H groups in total. The molecular weight excluding hydrogens is 438 g/mol. The maximum Gasteiger partial charge on any atom is 0.416 e. The molecule has 0 saturated carbocycles. The van der Waals surface area contributed by atoms with E-state index < -0.39 is 35.6 Å². The second-order valence-corrected chi connectivity index (χ2v) is 8.93. The molecule has 2 aromatic rings. The van der Waals surface area contributed by atoms with E-state index in [2.05, 4.69) is 0 Å². The summed E-state index contributed by atoms with van der Waals surface area (Å²) in [7, 11) is -3.72. The zero-order valence-corrected chi connectivity index (χ0v) is 16.8. The van der Waals surface area contributed by atoms with E-state index in [0.717, 1.165) is 30.9 Å². The van der Waals surface area contributed by atoms with Crippen molar-refractivity contribution in [1.29, 1.82) is 0 Å². The fourth-order valence-electron chi connectivity index (χ4n) is 2.36. The summed E-state index contributed by atoms with van der Waals surface area (Å²) < 4.78 is 60.9. The Morgan fingerprint density at radius 1 is 1.24 bits per heavy atom. The number of halogens is 4. The van der Waals surface area contributed by atoms with Gasteiger partial charge in [-0.3, -0.25) is 14.7 Å². The Labute approximate surface area is 168 Å². The first kappa shape index (κ1) is 23.0. The number of alkyl halides is 3. The lowest BCUT2D eigenvalue weighted by atomic mass is 10.2. The highest BCUT2D eigenvalue weighted by molar-refractivity contribution is 7.57. The van der Waals surface area contributed by atoms with Gasteiger partial charge in [-0.15, -0.1) is 0 Å². The molecule has 2 atom stereocenters. The molecule has 29 heavy (non-hydrogen) atoms. The van der Waals surface area contributed by atoms with E-state index in [4.69, 9.17) is 21.1 Å². The zero-order chi connectivity index (χ0) is 22.0. The van der Waals surface area contributed by atoms with E-state index in [-0.39, 0.29) is 28.7 Å². The van der Waals surface area contributed by atoms with E-state index >= 15 is 0 Å². The van der Waals surface area contributed by atoms with Crippen LogP contribution < -0.4 is 9.47 Å². The van der Waals surface area contributed by atoms with E-state index in [1.54, 1.807) is 6.92 Å². The number of benzene rings is 2. The standard InChI is InChI=1S/C17H16ClF3NO6P/c1-3-16(29(2,25)26)28-15-9-11(5-6-13(15)22(23)24)27-14-7-4-10(8-12(14)18)17(19,20)21/h4-9,16H,3H2,1-2H3,(H,25,26). The lowest BCUT2D eigenvalue weighted by Gasteiger charge is -2.20. The lowest BCUT2D eigenvalue weighted by molar-refractivity contribution is -0.386. The third kappa shape index (κ3) is 5.85. The number of ether oxygens (including phenoxy) is 2. The van der Waals surface area contributed by atoms with Gasteiger partial charge in [-0.1, -0.05) is 18.5 Å². The van der Waals surface area contributed by atoms with Crippen molar-refractivity contribution in [3.05, 3.63) is 57.1 Å². The highest BCUT2D eigenvalue weighted by Crippen LogP contribution is 2.46. The molecule has 0 aromatic heterocycles. The fraction of sp³-hybridized carbons (Fsp3) is 0.294. The summed E-state index contributed by atoms with van der Waals surface area (Å²) in [6.07, 6.45) is -4.47. The molecule has 0 aliphatic rings. The molecule has 0 fully saturated rings. The average molecular weight is 454 g/mol. The van der Waals surface area contributed by atoms with E-state index in [1.807, 2.05) is 0 Å². The number of nitrogens with zero attached hydrogens (tertiary/aromatic N) is 1. The van der Waals surface area contributed by atoms with Crippen molar-refractivity contribution in [2.24, 2.45) is 0 Å². The molecule has 0 heterocycles. The maximum absolute atomic E-state index is 12.7. The van der Waals surface area contributed by atoms with Gasteiger partial charge in [-0.2, -0.15) is 13.2 Å². The molecule has 2 unspecified atom stereocenters. The number of hydrogen-bond donors (Lipinski definition) is 1. The van der Waals surface area contributed by atoms with Gasteiger partial charge in [0.2, 0.25) is 13.1 Å². The molecule has 0 aliphatic carbocycles. The summed E-state index contributed by atoms with van der Waals surface area (Å²) in [6.45, 7) is 2.64. The first-order valence-corrected chi connectivity index (χ1v) is 10.7. The van der Waals surface area contributed by atoms with Gasteiger partial charge in [-0.25, -0.2) is 0 Å². The van der Waals surface area contributed by atoms with Gasteiger partial charge in [0.05, 0.1) is 15.5 Å². The average Bonchev–Trinajstić information content (AvgIpc) is 2.59. The van der Waals surface area contributed by atoms with Crippen LogP contribution in [0.1, 0.15) is 18.9 Å². The van der Waals surface area contributed by atoms with Crippen LogP contribution in [0.15, 0.2) is 36.4 Å². The van der Waals surface area contributed by atoms with Crippen molar-refractivity contribution in [3.8, 4) is 17.2 Å². The molecule has 7 nitrogen and oxygen atoms in total. The molecule has 12 heteroatoms. The Kier molecular flexibility index (Phi) is 6.82. The van der Waals surface area contributed by atoms with Crippen molar-refractivity contribution in [2.75, 3.05) is 6.66 Å². The third-order valence-corrected chi connectivity index (χ3v) is 5.60. The van der Waals surface area contributed by atoms with Crippen LogP contribution in [0.25, 0.3) is 0 Å².